The van der Waals surface area contributed by atoms with E-state index in [1.807, 2.05) is 6.92 Å². The molecular weight excluding hydrogens is 340 g/mol. The van der Waals surface area contributed by atoms with Crippen molar-refractivity contribution in [2.45, 2.75) is 56.1 Å². The van der Waals surface area contributed by atoms with Crippen molar-refractivity contribution >= 4 is 15.9 Å². The van der Waals surface area contributed by atoms with Gasteiger partial charge in [0.15, 0.2) is 0 Å². The van der Waals surface area contributed by atoms with Crippen LogP contribution in [0.2, 0.25) is 0 Å². The largest absolute Gasteiger partial charge is 0.376 e. The summed E-state index contributed by atoms with van der Waals surface area (Å²) in [5.41, 5.74) is 0.500. The molecule has 3 rings (SSSR count). The van der Waals surface area contributed by atoms with Crippen molar-refractivity contribution in [3.05, 3.63) is 29.8 Å². The fourth-order valence-corrected chi connectivity index (χ4v) is 4.95. The van der Waals surface area contributed by atoms with Crippen molar-refractivity contribution in [3.8, 4) is 0 Å². The van der Waals surface area contributed by atoms with Crippen molar-refractivity contribution in [1.29, 1.82) is 0 Å². The average molecular weight is 366 g/mol. The van der Waals surface area contributed by atoms with Crippen LogP contribution in [0.5, 0.6) is 0 Å². The molecule has 25 heavy (non-hydrogen) atoms. The molecule has 1 aromatic carbocycles. The lowest BCUT2D eigenvalue weighted by Crippen LogP contribution is -2.44. The van der Waals surface area contributed by atoms with E-state index >= 15 is 0 Å². The number of ether oxygens (including phenoxy) is 1. The van der Waals surface area contributed by atoms with Crippen LogP contribution in [0, 0.1) is 0 Å². The molecule has 138 valence electrons. The highest BCUT2D eigenvalue weighted by molar-refractivity contribution is 7.89. The first-order valence-electron chi connectivity index (χ1n) is 8.99. The summed E-state index contributed by atoms with van der Waals surface area (Å²) >= 11 is 0. The van der Waals surface area contributed by atoms with Crippen LogP contribution in [0.15, 0.2) is 29.2 Å². The fourth-order valence-electron chi connectivity index (χ4n) is 3.45. The molecule has 2 aliphatic rings. The van der Waals surface area contributed by atoms with Crippen LogP contribution in [-0.4, -0.2) is 50.5 Å². The number of amides is 1. The third kappa shape index (κ3) is 4.40. The molecule has 1 aliphatic heterocycles. The fraction of sp³-hybridized carbons (Fsp3) is 0.611. The summed E-state index contributed by atoms with van der Waals surface area (Å²) in [7, 11) is -3.54. The minimum atomic E-state index is -3.54. The summed E-state index contributed by atoms with van der Waals surface area (Å²) in [4.78, 5) is 12.5. The van der Waals surface area contributed by atoms with Crippen molar-refractivity contribution < 1.29 is 17.9 Å². The van der Waals surface area contributed by atoms with Crippen molar-refractivity contribution in [1.82, 2.24) is 9.62 Å². The second-order valence-electron chi connectivity index (χ2n) is 6.88. The Bertz CT molecular complexity index is 696. The van der Waals surface area contributed by atoms with E-state index in [-0.39, 0.29) is 22.9 Å². The first kappa shape index (κ1) is 18.4. The van der Waals surface area contributed by atoms with Gasteiger partial charge in [-0.1, -0.05) is 19.3 Å². The van der Waals surface area contributed by atoms with Gasteiger partial charge in [0, 0.05) is 24.7 Å². The molecule has 0 spiro atoms. The molecule has 0 radical (unpaired) electrons. The first-order valence-corrected chi connectivity index (χ1v) is 10.4. The average Bonchev–Trinajstić information content (AvgIpc) is 2.62. The molecule has 1 aromatic rings. The van der Waals surface area contributed by atoms with E-state index in [1.165, 1.54) is 22.9 Å². The molecule has 6 nitrogen and oxygen atoms in total. The van der Waals surface area contributed by atoms with Gasteiger partial charge in [-0.15, -0.1) is 0 Å². The van der Waals surface area contributed by atoms with Crippen LogP contribution in [0.4, 0.5) is 0 Å². The van der Waals surface area contributed by atoms with E-state index < -0.39 is 10.0 Å². The number of hydrogen-bond acceptors (Lipinski definition) is 4. The Balaban J connectivity index is 1.67. The molecule has 1 N–H and O–H groups in total. The smallest absolute Gasteiger partial charge is 0.251 e. The molecule has 1 amide bonds. The van der Waals surface area contributed by atoms with Crippen LogP contribution in [0.3, 0.4) is 0 Å². The lowest BCUT2D eigenvalue weighted by atomic mass is 9.95. The SMILES string of the molecule is CC1CN(S(=O)(=O)c2ccc(C(=O)NC3CCCCC3)cc2)CCO1. The van der Waals surface area contributed by atoms with Gasteiger partial charge in [-0.2, -0.15) is 4.31 Å². The normalized spacial score (nSPS) is 23.3. The Labute approximate surface area is 149 Å². The number of carbonyl (C=O) groups excluding carboxylic acids is 1. The highest BCUT2D eigenvalue weighted by Crippen LogP contribution is 2.20. The predicted molar refractivity (Wildman–Crippen MR) is 95.0 cm³/mol. The van der Waals surface area contributed by atoms with Gasteiger partial charge in [0.05, 0.1) is 17.6 Å². The summed E-state index contributed by atoms with van der Waals surface area (Å²) in [6.07, 6.45) is 5.48. The zero-order valence-electron chi connectivity index (χ0n) is 14.6. The van der Waals surface area contributed by atoms with Gasteiger partial charge >= 0.3 is 0 Å². The Morgan fingerprint density at radius 2 is 1.84 bits per heavy atom. The number of morpholine rings is 1. The number of nitrogens with zero attached hydrogens (tertiary/aromatic N) is 1. The van der Waals surface area contributed by atoms with E-state index in [1.54, 1.807) is 12.1 Å². The molecule has 0 aromatic heterocycles. The Morgan fingerprint density at radius 1 is 1.16 bits per heavy atom. The van der Waals surface area contributed by atoms with Crippen LogP contribution in [0.1, 0.15) is 49.4 Å². The van der Waals surface area contributed by atoms with E-state index in [9.17, 15) is 13.2 Å². The van der Waals surface area contributed by atoms with Crippen LogP contribution >= 0.6 is 0 Å². The predicted octanol–water partition coefficient (Wildman–Crippen LogP) is 2.16. The highest BCUT2D eigenvalue weighted by Gasteiger charge is 2.29. The lowest BCUT2D eigenvalue weighted by Gasteiger charge is -2.30. The van der Waals surface area contributed by atoms with Gasteiger partial charge < -0.3 is 10.1 Å². The molecular formula is C18H26N2O4S. The molecule has 7 heteroatoms. The van der Waals surface area contributed by atoms with E-state index in [0.717, 1.165) is 25.7 Å². The minimum absolute atomic E-state index is 0.107. The minimum Gasteiger partial charge on any atom is -0.376 e. The summed E-state index contributed by atoms with van der Waals surface area (Å²) in [6, 6.07) is 6.46. The van der Waals surface area contributed by atoms with Gasteiger partial charge in [-0.05, 0) is 44.0 Å². The Morgan fingerprint density at radius 3 is 2.48 bits per heavy atom. The third-order valence-electron chi connectivity index (χ3n) is 4.90. The number of nitrogens with one attached hydrogen (secondary N) is 1. The summed E-state index contributed by atoms with van der Waals surface area (Å²) in [5.74, 6) is -0.129. The van der Waals surface area contributed by atoms with E-state index in [2.05, 4.69) is 5.32 Å². The van der Waals surface area contributed by atoms with Gasteiger partial charge in [0.2, 0.25) is 10.0 Å². The van der Waals surface area contributed by atoms with E-state index in [4.69, 9.17) is 4.74 Å². The number of rotatable bonds is 4. The zero-order valence-corrected chi connectivity index (χ0v) is 15.4. The third-order valence-corrected chi connectivity index (χ3v) is 6.78. The second kappa shape index (κ2) is 7.85. The van der Waals surface area contributed by atoms with Crippen LogP contribution in [-0.2, 0) is 14.8 Å². The monoisotopic (exact) mass is 366 g/mol. The van der Waals surface area contributed by atoms with Gasteiger partial charge in [-0.3, -0.25) is 4.79 Å². The maximum absolute atomic E-state index is 12.7. The molecule has 1 saturated heterocycles. The maximum atomic E-state index is 12.7. The molecule has 1 unspecified atom stereocenters. The molecule has 2 fully saturated rings. The van der Waals surface area contributed by atoms with Crippen LogP contribution < -0.4 is 5.32 Å². The van der Waals surface area contributed by atoms with Crippen molar-refractivity contribution in [2.24, 2.45) is 0 Å². The Hall–Kier alpha value is -1.44. The maximum Gasteiger partial charge on any atom is 0.251 e. The zero-order chi connectivity index (χ0) is 17.9. The second-order valence-corrected chi connectivity index (χ2v) is 8.82. The quantitative estimate of drug-likeness (QED) is 0.886. The summed E-state index contributed by atoms with van der Waals surface area (Å²) in [6.45, 7) is 2.98. The Kier molecular flexibility index (Phi) is 5.76. The molecule has 0 bridgehead atoms. The summed E-state index contributed by atoms with van der Waals surface area (Å²) in [5, 5.41) is 3.05. The highest BCUT2D eigenvalue weighted by atomic mass is 32.2. The number of hydrogen-bond donors (Lipinski definition) is 1. The number of benzene rings is 1. The number of carbonyl (C=O) groups is 1. The number of sulfonamides is 1. The first-order chi connectivity index (χ1) is 12.0. The van der Waals surface area contributed by atoms with Crippen LogP contribution in [0.25, 0.3) is 0 Å². The van der Waals surface area contributed by atoms with Gasteiger partial charge in [-0.25, -0.2) is 8.42 Å². The standard InChI is InChI=1S/C18H26N2O4S/c1-14-13-20(11-12-24-14)25(22,23)17-9-7-15(8-10-17)18(21)19-16-5-3-2-4-6-16/h7-10,14,16H,2-6,11-13H2,1H3,(H,19,21). The molecule has 1 heterocycles. The lowest BCUT2D eigenvalue weighted by molar-refractivity contribution is 0.0102. The van der Waals surface area contributed by atoms with Crippen molar-refractivity contribution in [2.75, 3.05) is 19.7 Å². The molecule has 1 atom stereocenters. The molecule has 1 saturated carbocycles. The molecule has 1 aliphatic carbocycles. The van der Waals surface area contributed by atoms with Gasteiger partial charge in [0.1, 0.15) is 0 Å². The van der Waals surface area contributed by atoms with E-state index in [0.29, 0.717) is 25.3 Å². The topological polar surface area (TPSA) is 75.7 Å². The van der Waals surface area contributed by atoms with Crippen molar-refractivity contribution in [3.63, 3.8) is 0 Å². The van der Waals surface area contributed by atoms with Gasteiger partial charge in [0.25, 0.3) is 5.91 Å². The summed E-state index contributed by atoms with van der Waals surface area (Å²) < 4.78 is 32.2.